The van der Waals surface area contributed by atoms with Crippen LogP contribution in [0.25, 0.3) is 0 Å². The monoisotopic (exact) mass is 391 g/mol. The lowest BCUT2D eigenvalue weighted by Crippen LogP contribution is -2.46. The Balaban J connectivity index is 2.04. The lowest BCUT2D eigenvalue weighted by molar-refractivity contribution is 0.0941. The molecule has 7 nitrogen and oxygen atoms in total. The third-order valence-electron chi connectivity index (χ3n) is 5.47. The minimum absolute atomic E-state index is 0.0404. The van der Waals surface area contributed by atoms with Gasteiger partial charge in [-0.2, -0.15) is 0 Å². The third kappa shape index (κ3) is 6.72. The summed E-state index contributed by atoms with van der Waals surface area (Å²) in [7, 11) is 0. The smallest absolute Gasteiger partial charge is 0.256 e. The summed E-state index contributed by atoms with van der Waals surface area (Å²) in [5, 5.41) is 19.7. The van der Waals surface area contributed by atoms with Crippen molar-refractivity contribution in [2.24, 2.45) is 11.7 Å². The van der Waals surface area contributed by atoms with Crippen LogP contribution in [-0.2, 0) is 0 Å². The van der Waals surface area contributed by atoms with E-state index >= 15 is 0 Å². The van der Waals surface area contributed by atoms with Gasteiger partial charge in [0.1, 0.15) is 5.82 Å². The van der Waals surface area contributed by atoms with Crippen molar-refractivity contribution in [2.75, 3.05) is 18.5 Å². The molecule has 1 aliphatic rings. The van der Waals surface area contributed by atoms with Gasteiger partial charge in [0.25, 0.3) is 5.91 Å². The topological polar surface area (TPSA) is 112 Å². The number of nitrogens with zero attached hydrogens (tertiary/aromatic N) is 1. The van der Waals surface area contributed by atoms with E-state index in [0.29, 0.717) is 24.0 Å². The molecule has 0 radical (unpaired) electrons. The number of nitrogens with two attached hydrogens (primary N) is 1. The van der Waals surface area contributed by atoms with Crippen molar-refractivity contribution in [3.05, 3.63) is 23.4 Å². The van der Waals surface area contributed by atoms with E-state index in [1.807, 2.05) is 13.0 Å². The van der Waals surface area contributed by atoms with Crippen molar-refractivity contribution in [3.63, 3.8) is 0 Å². The summed E-state index contributed by atoms with van der Waals surface area (Å²) in [6.07, 6.45) is 6.82. The molecule has 0 spiro atoms. The maximum absolute atomic E-state index is 12.4. The maximum atomic E-state index is 12.4. The van der Waals surface area contributed by atoms with Crippen molar-refractivity contribution in [2.45, 2.75) is 77.5 Å². The summed E-state index contributed by atoms with van der Waals surface area (Å²) in [4.78, 5) is 16.9. The first kappa shape index (κ1) is 22.6. The van der Waals surface area contributed by atoms with Crippen LogP contribution in [0.2, 0.25) is 0 Å². The fraction of sp³-hybridized carbons (Fsp3) is 0.714. The molecule has 1 aromatic rings. The van der Waals surface area contributed by atoms with Crippen LogP contribution >= 0.6 is 0 Å². The number of nitrogens with one attached hydrogen (secondary N) is 3. The summed E-state index contributed by atoms with van der Waals surface area (Å²) in [6, 6.07) is 4.34. The van der Waals surface area contributed by atoms with Crippen molar-refractivity contribution >= 4 is 11.7 Å². The Bertz CT molecular complexity index is 617. The molecule has 0 aromatic carbocycles. The van der Waals surface area contributed by atoms with Crippen molar-refractivity contribution in [1.29, 1.82) is 0 Å². The molecule has 1 saturated carbocycles. The largest absolute Gasteiger partial charge is 0.396 e. The van der Waals surface area contributed by atoms with E-state index in [1.165, 1.54) is 32.1 Å². The van der Waals surface area contributed by atoms with Crippen LogP contribution in [0.1, 0.15) is 68.4 Å². The molecule has 158 valence electrons. The number of aliphatic hydroxyl groups excluding tert-OH is 1. The average molecular weight is 392 g/mol. The summed E-state index contributed by atoms with van der Waals surface area (Å²) in [5.41, 5.74) is 6.98. The number of rotatable bonds is 10. The number of hydrogen-bond acceptors (Lipinski definition) is 6. The van der Waals surface area contributed by atoms with Gasteiger partial charge >= 0.3 is 0 Å². The number of anilines is 1. The zero-order valence-electron chi connectivity index (χ0n) is 17.5. The number of pyridine rings is 1. The van der Waals surface area contributed by atoms with Gasteiger partial charge in [-0.05, 0) is 45.2 Å². The van der Waals surface area contributed by atoms with Gasteiger partial charge in [0.2, 0.25) is 0 Å². The normalized spacial score (nSPS) is 18.3. The second-order valence-electron chi connectivity index (χ2n) is 7.95. The van der Waals surface area contributed by atoms with Gasteiger partial charge in [0, 0.05) is 36.8 Å². The first-order valence-electron chi connectivity index (χ1n) is 10.6. The van der Waals surface area contributed by atoms with Crippen LogP contribution in [0.15, 0.2) is 12.1 Å². The van der Waals surface area contributed by atoms with Crippen LogP contribution in [0, 0.1) is 12.8 Å². The molecular weight excluding hydrogens is 354 g/mol. The molecule has 3 atom stereocenters. The van der Waals surface area contributed by atoms with E-state index in [1.54, 1.807) is 13.0 Å². The maximum Gasteiger partial charge on any atom is 0.256 e. The molecule has 3 unspecified atom stereocenters. The van der Waals surface area contributed by atoms with Crippen molar-refractivity contribution < 1.29 is 9.90 Å². The van der Waals surface area contributed by atoms with Gasteiger partial charge in [-0.25, -0.2) is 4.98 Å². The molecular formula is C21H37N5O2. The predicted molar refractivity (Wildman–Crippen MR) is 113 cm³/mol. The number of carbonyl (C=O) groups excluding carboxylic acids is 1. The Morgan fingerprint density at radius 3 is 2.64 bits per heavy atom. The average Bonchev–Trinajstić information content (AvgIpc) is 2.67. The minimum atomic E-state index is -0.434. The summed E-state index contributed by atoms with van der Waals surface area (Å²) < 4.78 is 0. The van der Waals surface area contributed by atoms with Gasteiger partial charge in [0.15, 0.2) is 0 Å². The molecule has 1 aromatic heterocycles. The first-order chi connectivity index (χ1) is 13.4. The van der Waals surface area contributed by atoms with E-state index in [9.17, 15) is 9.90 Å². The first-order valence-corrected chi connectivity index (χ1v) is 10.6. The number of hydrogen-bond donors (Lipinski definition) is 5. The Morgan fingerprint density at radius 1 is 1.32 bits per heavy atom. The van der Waals surface area contributed by atoms with Crippen LogP contribution in [0.3, 0.4) is 0 Å². The molecule has 6 N–H and O–H groups in total. The van der Waals surface area contributed by atoms with Crippen LogP contribution in [0.4, 0.5) is 5.82 Å². The number of aryl methyl sites for hydroxylation is 1. The highest BCUT2D eigenvalue weighted by Gasteiger charge is 2.24. The van der Waals surface area contributed by atoms with E-state index in [-0.39, 0.29) is 24.5 Å². The molecule has 1 heterocycles. The quantitative estimate of drug-likeness (QED) is 0.391. The van der Waals surface area contributed by atoms with Gasteiger partial charge < -0.3 is 26.8 Å². The lowest BCUT2D eigenvalue weighted by Gasteiger charge is -2.32. The number of aliphatic hydroxyl groups is 1. The molecule has 1 amide bonds. The number of aromatic nitrogens is 1. The molecule has 28 heavy (non-hydrogen) atoms. The molecule has 0 saturated heterocycles. The number of carbonyl (C=O) groups is 1. The second kappa shape index (κ2) is 11.3. The second-order valence-corrected chi connectivity index (χ2v) is 7.95. The standard InChI is InChI=1S/C21H37N5O2/c1-4-19(26-17-8-6-5-7-9-17)16(13-27)12-23-20-18(11-10-14(2)24-20)21(28)25-15(3)22/h10-11,15-17,19,26-27H,4-9,12-13,22H2,1-3H3,(H,23,24)(H,25,28). The molecule has 0 bridgehead atoms. The third-order valence-corrected chi connectivity index (χ3v) is 5.47. The summed E-state index contributed by atoms with van der Waals surface area (Å²) >= 11 is 0. The molecule has 1 fully saturated rings. The van der Waals surface area contributed by atoms with E-state index in [2.05, 4.69) is 27.9 Å². The van der Waals surface area contributed by atoms with E-state index < -0.39 is 6.17 Å². The van der Waals surface area contributed by atoms with E-state index in [0.717, 1.165) is 12.1 Å². The zero-order chi connectivity index (χ0) is 20.5. The molecule has 2 rings (SSSR count). The highest BCUT2D eigenvalue weighted by atomic mass is 16.3. The molecule has 0 aliphatic heterocycles. The Kier molecular flexibility index (Phi) is 9.15. The predicted octanol–water partition coefficient (Wildman–Crippen LogP) is 2.15. The summed E-state index contributed by atoms with van der Waals surface area (Å²) in [6.45, 7) is 6.39. The van der Waals surface area contributed by atoms with Crippen LogP contribution in [0.5, 0.6) is 0 Å². The van der Waals surface area contributed by atoms with Crippen molar-refractivity contribution in [3.8, 4) is 0 Å². The minimum Gasteiger partial charge on any atom is -0.396 e. The van der Waals surface area contributed by atoms with Crippen LogP contribution < -0.4 is 21.7 Å². The molecule has 1 aliphatic carbocycles. The fourth-order valence-corrected chi connectivity index (χ4v) is 3.88. The SMILES string of the molecule is CCC(NC1CCCCC1)C(CO)CNc1nc(C)ccc1C(=O)NC(C)N. The van der Waals surface area contributed by atoms with E-state index in [4.69, 9.17) is 5.73 Å². The zero-order valence-corrected chi connectivity index (χ0v) is 17.5. The summed E-state index contributed by atoms with van der Waals surface area (Å²) in [5.74, 6) is 0.320. The molecule has 7 heteroatoms. The number of amides is 1. The van der Waals surface area contributed by atoms with Gasteiger partial charge in [-0.15, -0.1) is 0 Å². The Morgan fingerprint density at radius 2 is 2.04 bits per heavy atom. The van der Waals surface area contributed by atoms with Gasteiger partial charge in [0.05, 0.1) is 11.7 Å². The van der Waals surface area contributed by atoms with Crippen molar-refractivity contribution in [1.82, 2.24) is 15.6 Å². The Labute approximate surface area is 168 Å². The van der Waals surface area contributed by atoms with Gasteiger partial charge in [-0.3, -0.25) is 4.79 Å². The van der Waals surface area contributed by atoms with Gasteiger partial charge in [-0.1, -0.05) is 26.2 Å². The Hall–Kier alpha value is -1.70. The highest BCUT2D eigenvalue weighted by molar-refractivity contribution is 5.98. The lowest BCUT2D eigenvalue weighted by atomic mass is 9.91. The van der Waals surface area contributed by atoms with Crippen LogP contribution in [-0.4, -0.2) is 47.4 Å². The fourth-order valence-electron chi connectivity index (χ4n) is 3.88. The highest BCUT2D eigenvalue weighted by Crippen LogP contribution is 2.21.